The van der Waals surface area contributed by atoms with Gasteiger partial charge >= 0.3 is 0 Å². The van der Waals surface area contributed by atoms with Crippen molar-refractivity contribution in [2.24, 2.45) is 5.84 Å². The molecule has 2 rings (SSSR count). The second-order valence-corrected chi connectivity index (χ2v) is 4.77. The summed E-state index contributed by atoms with van der Waals surface area (Å²) in [5.74, 6) is 3.59. The van der Waals surface area contributed by atoms with Crippen molar-refractivity contribution in [1.29, 1.82) is 0 Å². The van der Waals surface area contributed by atoms with E-state index >= 15 is 0 Å². The number of hydrazine groups is 1. The quantitative estimate of drug-likeness (QED) is 0.670. The number of hydrogen-bond acceptors (Lipinski definition) is 2. The average molecular weight is 301 g/mol. The molecule has 0 amide bonds. The smallest absolute Gasteiger partial charge is 0.126 e. The van der Waals surface area contributed by atoms with Gasteiger partial charge in [0, 0.05) is 11.1 Å². The molecule has 2 nitrogen and oxygen atoms in total. The number of nitrogens with one attached hydrogen (secondary N) is 1. The van der Waals surface area contributed by atoms with Gasteiger partial charge in [0.05, 0.1) is 6.04 Å². The predicted molar refractivity (Wildman–Crippen MR) is 71.5 cm³/mol. The summed E-state index contributed by atoms with van der Waals surface area (Å²) in [5.41, 5.74) is 3.46. The highest BCUT2D eigenvalue weighted by Crippen LogP contribution is 2.25. The maximum absolute atomic E-state index is 13.2. The summed E-state index contributed by atoms with van der Waals surface area (Å²) in [6.07, 6.45) is 0.276. The Balaban J connectivity index is 2.28. The molecule has 0 aliphatic heterocycles. The van der Waals surface area contributed by atoms with Gasteiger partial charge in [0.1, 0.15) is 17.5 Å². The molecular formula is C14H12ClF3N2. The fourth-order valence-electron chi connectivity index (χ4n) is 1.96. The number of hydrogen-bond donors (Lipinski definition) is 2. The number of halogens is 4. The first-order valence-electron chi connectivity index (χ1n) is 5.85. The van der Waals surface area contributed by atoms with Gasteiger partial charge in [-0.3, -0.25) is 11.3 Å². The summed E-state index contributed by atoms with van der Waals surface area (Å²) in [7, 11) is 0. The highest BCUT2D eigenvalue weighted by Gasteiger charge is 2.15. The molecule has 3 N–H and O–H groups in total. The average Bonchev–Trinajstić information content (AvgIpc) is 2.36. The van der Waals surface area contributed by atoms with Crippen LogP contribution in [0.15, 0.2) is 36.4 Å². The normalized spacial score (nSPS) is 12.4. The maximum Gasteiger partial charge on any atom is 0.126 e. The van der Waals surface area contributed by atoms with E-state index in [1.54, 1.807) is 0 Å². The SMILES string of the molecule is NNC(Cc1ccc(F)cc1Cl)c1cc(F)cc(F)c1. The number of benzene rings is 2. The second kappa shape index (κ2) is 6.26. The highest BCUT2D eigenvalue weighted by atomic mass is 35.5. The third kappa shape index (κ3) is 3.50. The van der Waals surface area contributed by atoms with E-state index in [-0.39, 0.29) is 11.4 Å². The van der Waals surface area contributed by atoms with E-state index in [4.69, 9.17) is 17.4 Å². The monoisotopic (exact) mass is 300 g/mol. The molecule has 2 aromatic carbocycles. The molecule has 0 aliphatic carbocycles. The Morgan fingerprint density at radius 1 is 1.00 bits per heavy atom. The molecule has 1 atom stereocenters. The van der Waals surface area contributed by atoms with Crippen molar-refractivity contribution in [3.63, 3.8) is 0 Å². The van der Waals surface area contributed by atoms with Crippen LogP contribution >= 0.6 is 11.6 Å². The summed E-state index contributed by atoms with van der Waals surface area (Å²) in [4.78, 5) is 0. The van der Waals surface area contributed by atoms with Crippen molar-refractivity contribution in [2.45, 2.75) is 12.5 Å². The third-order valence-corrected chi connectivity index (χ3v) is 3.28. The fourth-order valence-corrected chi connectivity index (χ4v) is 2.20. The second-order valence-electron chi connectivity index (χ2n) is 4.36. The molecule has 0 radical (unpaired) electrons. The van der Waals surface area contributed by atoms with E-state index in [9.17, 15) is 13.2 Å². The Kier molecular flexibility index (Phi) is 4.65. The Morgan fingerprint density at radius 3 is 2.20 bits per heavy atom. The Hall–Kier alpha value is -1.56. The van der Waals surface area contributed by atoms with Crippen molar-refractivity contribution < 1.29 is 13.2 Å². The molecule has 106 valence electrons. The molecule has 0 saturated carbocycles. The molecule has 0 aliphatic rings. The van der Waals surface area contributed by atoms with Crippen LogP contribution in [-0.4, -0.2) is 0 Å². The van der Waals surface area contributed by atoms with Gasteiger partial charge in [-0.25, -0.2) is 13.2 Å². The van der Waals surface area contributed by atoms with Crippen LogP contribution in [-0.2, 0) is 6.42 Å². The van der Waals surface area contributed by atoms with Gasteiger partial charge in [-0.05, 0) is 41.8 Å². The summed E-state index contributed by atoms with van der Waals surface area (Å²) < 4.78 is 39.4. The predicted octanol–water partition coefficient (Wildman–Crippen LogP) is 3.50. The zero-order valence-corrected chi connectivity index (χ0v) is 11.1. The van der Waals surface area contributed by atoms with Crippen LogP contribution in [0.4, 0.5) is 13.2 Å². The molecule has 0 fully saturated rings. The molecule has 0 aromatic heterocycles. The van der Waals surface area contributed by atoms with Crippen LogP contribution in [0.25, 0.3) is 0 Å². The zero-order chi connectivity index (χ0) is 14.7. The van der Waals surface area contributed by atoms with Crippen molar-refractivity contribution in [1.82, 2.24) is 5.43 Å². The van der Waals surface area contributed by atoms with Crippen LogP contribution in [0.3, 0.4) is 0 Å². The summed E-state index contributed by atoms with van der Waals surface area (Å²) in [6, 6.07) is 6.57. The van der Waals surface area contributed by atoms with Gasteiger partial charge < -0.3 is 0 Å². The van der Waals surface area contributed by atoms with Gasteiger partial charge in [0.15, 0.2) is 0 Å². The van der Waals surface area contributed by atoms with Crippen LogP contribution in [0, 0.1) is 17.5 Å². The topological polar surface area (TPSA) is 38.0 Å². The maximum atomic E-state index is 13.2. The van der Waals surface area contributed by atoms with Crippen molar-refractivity contribution in [2.75, 3.05) is 0 Å². The minimum Gasteiger partial charge on any atom is -0.271 e. The molecule has 0 saturated heterocycles. The fraction of sp³-hybridized carbons (Fsp3) is 0.143. The molecule has 1 unspecified atom stereocenters. The molecule has 0 heterocycles. The molecular weight excluding hydrogens is 289 g/mol. The van der Waals surface area contributed by atoms with Crippen molar-refractivity contribution in [3.05, 3.63) is 70.0 Å². The number of rotatable bonds is 4. The lowest BCUT2D eigenvalue weighted by Gasteiger charge is -2.17. The zero-order valence-electron chi connectivity index (χ0n) is 10.3. The first-order chi connectivity index (χ1) is 9.49. The van der Waals surface area contributed by atoms with E-state index in [1.807, 2.05) is 0 Å². The lowest BCUT2D eigenvalue weighted by molar-refractivity contribution is 0.530. The molecule has 2 aromatic rings. The van der Waals surface area contributed by atoms with Crippen LogP contribution < -0.4 is 11.3 Å². The number of nitrogens with two attached hydrogens (primary N) is 1. The van der Waals surface area contributed by atoms with Crippen molar-refractivity contribution >= 4 is 11.6 Å². The van der Waals surface area contributed by atoms with Crippen LogP contribution in [0.5, 0.6) is 0 Å². The van der Waals surface area contributed by atoms with Gasteiger partial charge in [0.25, 0.3) is 0 Å². The third-order valence-electron chi connectivity index (χ3n) is 2.93. The van der Waals surface area contributed by atoms with Gasteiger partial charge in [0.2, 0.25) is 0 Å². The molecule has 0 spiro atoms. The minimum absolute atomic E-state index is 0.238. The summed E-state index contributed by atoms with van der Waals surface area (Å²) in [5, 5.41) is 0.238. The van der Waals surface area contributed by atoms with Crippen LogP contribution in [0.1, 0.15) is 17.2 Å². The Bertz CT molecular complexity index is 599. The lowest BCUT2D eigenvalue weighted by atomic mass is 9.99. The van der Waals surface area contributed by atoms with Gasteiger partial charge in [-0.2, -0.15) is 0 Å². The molecule has 6 heteroatoms. The first-order valence-corrected chi connectivity index (χ1v) is 6.23. The Labute approximate surface area is 119 Å². The van der Waals surface area contributed by atoms with E-state index < -0.39 is 23.5 Å². The van der Waals surface area contributed by atoms with E-state index in [2.05, 4.69) is 5.43 Å². The standard InChI is InChI=1S/C14H12ClF3N2/c15-13-7-10(16)2-1-8(13)5-14(20-19)9-3-11(17)6-12(18)4-9/h1-4,6-7,14,20H,5,19H2. The van der Waals surface area contributed by atoms with E-state index in [0.717, 1.165) is 6.07 Å². The molecule has 0 bridgehead atoms. The summed E-state index contributed by atoms with van der Waals surface area (Å²) >= 11 is 5.92. The highest BCUT2D eigenvalue weighted by molar-refractivity contribution is 6.31. The van der Waals surface area contributed by atoms with Gasteiger partial charge in [-0.15, -0.1) is 0 Å². The lowest BCUT2D eigenvalue weighted by Crippen LogP contribution is -2.29. The van der Waals surface area contributed by atoms with Crippen molar-refractivity contribution in [3.8, 4) is 0 Å². The van der Waals surface area contributed by atoms with Gasteiger partial charge in [-0.1, -0.05) is 17.7 Å². The van der Waals surface area contributed by atoms with E-state index in [0.29, 0.717) is 11.1 Å². The first kappa shape index (κ1) is 14.8. The van der Waals surface area contributed by atoms with Crippen LogP contribution in [0.2, 0.25) is 5.02 Å². The minimum atomic E-state index is -0.689. The largest absolute Gasteiger partial charge is 0.271 e. The molecule has 20 heavy (non-hydrogen) atoms. The summed E-state index contributed by atoms with van der Waals surface area (Å²) in [6.45, 7) is 0. The Morgan fingerprint density at radius 2 is 1.65 bits per heavy atom. The van der Waals surface area contributed by atoms with E-state index in [1.165, 1.54) is 30.3 Å².